The molecule has 0 radical (unpaired) electrons. The smallest absolute Gasteiger partial charge is 0.324 e. The predicted octanol–water partition coefficient (Wildman–Crippen LogP) is 3.37. The van der Waals surface area contributed by atoms with Crippen LogP contribution in [0, 0.1) is 6.92 Å². The second kappa shape index (κ2) is 9.64. The molecule has 3 aromatic rings. The highest BCUT2D eigenvalue weighted by Crippen LogP contribution is 2.33. The molecule has 3 amide bonds. The van der Waals surface area contributed by atoms with E-state index in [1.165, 1.54) is 16.2 Å². The summed E-state index contributed by atoms with van der Waals surface area (Å²) in [6.45, 7) is 4.20. The third kappa shape index (κ3) is 4.79. The van der Waals surface area contributed by atoms with Crippen molar-refractivity contribution < 1.29 is 19.1 Å². The lowest BCUT2D eigenvalue weighted by Crippen LogP contribution is -2.55. The van der Waals surface area contributed by atoms with Crippen LogP contribution in [0.2, 0.25) is 0 Å². The van der Waals surface area contributed by atoms with Crippen molar-refractivity contribution >= 4 is 28.4 Å². The fourth-order valence-corrected chi connectivity index (χ4v) is 4.73. The molecule has 0 aliphatic carbocycles. The van der Waals surface area contributed by atoms with Crippen LogP contribution in [0.4, 0.5) is 9.93 Å². The molecule has 1 fully saturated rings. The molecular formula is C23H26N6O4S. The first-order valence-corrected chi connectivity index (χ1v) is 11.6. The number of methoxy groups -OCH3 is 1. The molecule has 3 N–H and O–H groups in total. The number of rotatable bonds is 7. The van der Waals surface area contributed by atoms with Crippen molar-refractivity contribution in [3.63, 3.8) is 0 Å². The fourth-order valence-electron chi connectivity index (χ4n) is 3.81. The Kier molecular flexibility index (Phi) is 6.64. The Bertz CT molecular complexity index is 1200. The average molecular weight is 483 g/mol. The van der Waals surface area contributed by atoms with Crippen LogP contribution in [0.15, 0.2) is 36.5 Å². The lowest BCUT2D eigenvalue weighted by molar-refractivity contribution is -0.126. The quantitative estimate of drug-likeness (QED) is 0.527. The number of likely N-dealkylation sites (tertiary alicyclic amines) is 1. The van der Waals surface area contributed by atoms with Crippen LogP contribution in [0.5, 0.6) is 11.5 Å². The van der Waals surface area contributed by atoms with E-state index in [0.717, 1.165) is 22.7 Å². The van der Waals surface area contributed by atoms with Gasteiger partial charge in [-0.05, 0) is 57.0 Å². The molecule has 0 spiro atoms. The van der Waals surface area contributed by atoms with E-state index in [2.05, 4.69) is 20.3 Å². The van der Waals surface area contributed by atoms with E-state index in [1.54, 1.807) is 26.3 Å². The molecule has 1 saturated heterocycles. The van der Waals surface area contributed by atoms with Crippen molar-refractivity contribution in [2.24, 2.45) is 5.73 Å². The van der Waals surface area contributed by atoms with E-state index in [4.69, 9.17) is 15.2 Å². The van der Waals surface area contributed by atoms with Gasteiger partial charge >= 0.3 is 6.03 Å². The summed E-state index contributed by atoms with van der Waals surface area (Å²) in [5, 5.41) is 3.23. The van der Waals surface area contributed by atoms with E-state index < -0.39 is 17.5 Å². The largest absolute Gasteiger partial charge is 0.497 e. The van der Waals surface area contributed by atoms with Gasteiger partial charge in [0.2, 0.25) is 5.91 Å². The maximum atomic E-state index is 12.8. The van der Waals surface area contributed by atoms with Crippen molar-refractivity contribution in [2.75, 3.05) is 19.0 Å². The molecule has 1 aliphatic heterocycles. The van der Waals surface area contributed by atoms with Crippen molar-refractivity contribution in [3.05, 3.63) is 48.0 Å². The zero-order valence-corrected chi connectivity index (χ0v) is 20.0. The molecule has 1 atom stereocenters. The summed E-state index contributed by atoms with van der Waals surface area (Å²) in [4.78, 5) is 40.4. The van der Waals surface area contributed by atoms with Gasteiger partial charge in [0.1, 0.15) is 23.6 Å². The number of nitrogens with two attached hydrogens (primary N) is 1. The molecular weight excluding hydrogens is 456 g/mol. The zero-order valence-electron chi connectivity index (χ0n) is 19.2. The summed E-state index contributed by atoms with van der Waals surface area (Å²) in [6.07, 6.45) is 2.92. The molecule has 34 heavy (non-hydrogen) atoms. The Labute approximate surface area is 201 Å². The number of nitrogens with one attached hydrogen (secondary N) is 1. The number of amides is 3. The first-order valence-electron chi connectivity index (χ1n) is 10.8. The van der Waals surface area contributed by atoms with E-state index >= 15 is 0 Å². The minimum absolute atomic E-state index is 0.197. The van der Waals surface area contributed by atoms with E-state index in [9.17, 15) is 9.59 Å². The lowest BCUT2D eigenvalue weighted by Gasteiger charge is -2.31. The number of aryl methyl sites for hydroxylation is 1. The molecule has 0 unspecified atom stereocenters. The summed E-state index contributed by atoms with van der Waals surface area (Å²) in [5.74, 6) is 1.43. The lowest BCUT2D eigenvalue weighted by atomic mass is 9.98. The van der Waals surface area contributed by atoms with Crippen LogP contribution in [-0.4, -0.2) is 51.0 Å². The van der Waals surface area contributed by atoms with Gasteiger partial charge in [-0.15, -0.1) is 0 Å². The van der Waals surface area contributed by atoms with Gasteiger partial charge < -0.3 is 20.1 Å². The zero-order chi connectivity index (χ0) is 24.3. The number of thiazole rings is 1. The van der Waals surface area contributed by atoms with Gasteiger partial charge in [0, 0.05) is 12.7 Å². The van der Waals surface area contributed by atoms with Crippen LogP contribution in [-0.2, 0) is 11.4 Å². The molecule has 2 aromatic heterocycles. The molecule has 0 saturated carbocycles. The van der Waals surface area contributed by atoms with Crippen LogP contribution >= 0.6 is 11.3 Å². The molecule has 1 aliphatic rings. The summed E-state index contributed by atoms with van der Waals surface area (Å²) in [5.41, 5.74) is 5.95. The number of anilines is 1. The van der Waals surface area contributed by atoms with Crippen molar-refractivity contribution in [1.82, 2.24) is 19.9 Å². The van der Waals surface area contributed by atoms with Gasteiger partial charge in [-0.25, -0.2) is 19.7 Å². The first-order chi connectivity index (χ1) is 16.3. The van der Waals surface area contributed by atoms with Crippen LogP contribution < -0.4 is 20.5 Å². The fraction of sp³-hybridized carbons (Fsp3) is 0.348. The highest BCUT2D eigenvalue weighted by molar-refractivity contribution is 7.19. The van der Waals surface area contributed by atoms with Gasteiger partial charge in [0.25, 0.3) is 0 Å². The van der Waals surface area contributed by atoms with E-state index in [1.807, 2.05) is 31.2 Å². The maximum absolute atomic E-state index is 12.8. The number of primary amides is 1. The third-order valence-corrected chi connectivity index (χ3v) is 6.89. The van der Waals surface area contributed by atoms with Crippen molar-refractivity contribution in [3.8, 4) is 22.1 Å². The average Bonchev–Trinajstić information content (AvgIpc) is 3.41. The van der Waals surface area contributed by atoms with Gasteiger partial charge in [0.15, 0.2) is 11.0 Å². The van der Waals surface area contributed by atoms with Crippen molar-refractivity contribution in [1.29, 1.82) is 0 Å². The Balaban J connectivity index is 1.45. The van der Waals surface area contributed by atoms with Gasteiger partial charge in [-0.3, -0.25) is 10.1 Å². The molecule has 11 heteroatoms. The number of carbonyl (C=O) groups excluding carboxylic acids is 2. The Morgan fingerprint density at radius 2 is 1.94 bits per heavy atom. The summed E-state index contributed by atoms with van der Waals surface area (Å²) in [6, 6.07) is 8.65. The maximum Gasteiger partial charge on any atom is 0.324 e. The first kappa shape index (κ1) is 23.4. The predicted molar refractivity (Wildman–Crippen MR) is 128 cm³/mol. The number of nitrogens with zero attached hydrogens (tertiary/aromatic N) is 4. The second-order valence-electron chi connectivity index (χ2n) is 8.08. The van der Waals surface area contributed by atoms with Crippen molar-refractivity contribution in [2.45, 2.75) is 38.8 Å². The number of benzene rings is 1. The molecule has 10 nitrogen and oxygen atoms in total. The van der Waals surface area contributed by atoms with Crippen LogP contribution in [0.25, 0.3) is 10.6 Å². The van der Waals surface area contributed by atoms with Crippen LogP contribution in [0.3, 0.4) is 0 Å². The number of ether oxygens (including phenoxy) is 2. The number of hydrogen-bond acceptors (Lipinski definition) is 8. The van der Waals surface area contributed by atoms with Gasteiger partial charge in [-0.1, -0.05) is 11.3 Å². The SMILES string of the molecule is COc1ccc(OCc2nccc(-c3sc(NC(=O)N4CCC[C@@]4(C)C(N)=O)nc3C)n2)cc1. The van der Waals surface area contributed by atoms with Gasteiger partial charge in [-0.2, -0.15) is 0 Å². The summed E-state index contributed by atoms with van der Waals surface area (Å²) >= 11 is 1.30. The Morgan fingerprint density at radius 1 is 1.21 bits per heavy atom. The summed E-state index contributed by atoms with van der Waals surface area (Å²) < 4.78 is 10.9. The standard InChI is InChI=1S/C23H26N6O4S/c1-14-19(34-21(26-14)28-22(31)29-12-4-10-23(29,2)20(24)30)17-9-11-25-18(27-17)13-33-16-7-5-15(32-3)6-8-16/h5-9,11H,4,10,12-13H2,1-3H3,(H2,24,30)(H,26,28,31)/t23-/m0/s1. The van der Waals surface area contributed by atoms with Crippen LogP contribution in [0.1, 0.15) is 31.3 Å². The minimum Gasteiger partial charge on any atom is -0.497 e. The molecule has 3 heterocycles. The van der Waals surface area contributed by atoms with E-state index in [0.29, 0.717) is 35.4 Å². The highest BCUT2D eigenvalue weighted by Gasteiger charge is 2.44. The Hall–Kier alpha value is -3.73. The number of carbonyl (C=O) groups is 2. The highest BCUT2D eigenvalue weighted by atomic mass is 32.1. The minimum atomic E-state index is -0.995. The normalized spacial score (nSPS) is 17.4. The molecule has 1 aromatic carbocycles. The number of hydrogen-bond donors (Lipinski definition) is 2. The molecule has 178 valence electrons. The molecule has 0 bridgehead atoms. The second-order valence-corrected chi connectivity index (χ2v) is 9.08. The number of urea groups is 1. The Morgan fingerprint density at radius 3 is 2.65 bits per heavy atom. The number of aromatic nitrogens is 3. The van der Waals surface area contributed by atoms with E-state index in [-0.39, 0.29) is 6.61 Å². The molecule has 4 rings (SSSR count). The summed E-state index contributed by atoms with van der Waals surface area (Å²) in [7, 11) is 1.61. The third-order valence-electron chi connectivity index (χ3n) is 5.79. The van der Waals surface area contributed by atoms with Gasteiger partial charge in [0.05, 0.1) is 23.4 Å². The topological polar surface area (TPSA) is 133 Å². The monoisotopic (exact) mass is 482 g/mol.